The van der Waals surface area contributed by atoms with Gasteiger partial charge in [-0.3, -0.25) is 4.90 Å². The molecule has 3 aromatic carbocycles. The van der Waals surface area contributed by atoms with Gasteiger partial charge in [-0.15, -0.1) is 0 Å². The van der Waals surface area contributed by atoms with E-state index in [0.717, 1.165) is 102 Å². The van der Waals surface area contributed by atoms with Crippen LogP contribution in [0.2, 0.25) is 0 Å². The van der Waals surface area contributed by atoms with Crippen molar-refractivity contribution >= 4 is 16.6 Å². The minimum absolute atomic E-state index is 0.743. The highest BCUT2D eigenvalue weighted by atomic mass is 16.5. The lowest BCUT2D eigenvalue weighted by molar-refractivity contribution is 0.0374. The van der Waals surface area contributed by atoms with Crippen LogP contribution in [0, 0.1) is 0 Å². The Hall–Kier alpha value is -4.20. The zero-order chi connectivity index (χ0) is 26.6. The molecule has 7 nitrogen and oxygen atoms in total. The number of hydrogen-bond acceptors (Lipinski definition) is 6. The lowest BCUT2D eigenvalue weighted by Crippen LogP contribution is -2.36. The quantitative estimate of drug-likeness (QED) is 0.269. The van der Waals surface area contributed by atoms with Gasteiger partial charge < -0.3 is 19.8 Å². The third-order valence-electron chi connectivity index (χ3n) is 7.39. The van der Waals surface area contributed by atoms with Crippen LogP contribution in [0.15, 0.2) is 85.3 Å². The Bertz CT molecular complexity index is 1570. The molecule has 2 N–H and O–H groups in total. The van der Waals surface area contributed by atoms with Crippen LogP contribution in [0.25, 0.3) is 39.0 Å². The van der Waals surface area contributed by atoms with Crippen molar-refractivity contribution in [2.45, 2.75) is 12.8 Å². The largest absolute Gasteiger partial charge is 0.497 e. The van der Waals surface area contributed by atoms with E-state index in [9.17, 15) is 0 Å². The number of fused-ring (bicyclic) bond motifs is 1. The fourth-order valence-corrected chi connectivity index (χ4v) is 5.28. The van der Waals surface area contributed by atoms with Gasteiger partial charge in [-0.05, 0) is 66.4 Å². The van der Waals surface area contributed by atoms with Gasteiger partial charge in [0.15, 0.2) is 0 Å². The number of morpholine rings is 1. The summed E-state index contributed by atoms with van der Waals surface area (Å²) < 4.78 is 13.0. The van der Waals surface area contributed by atoms with Crippen molar-refractivity contribution in [3.05, 3.63) is 91.0 Å². The van der Waals surface area contributed by atoms with Gasteiger partial charge in [-0.1, -0.05) is 36.4 Å². The molecule has 0 radical (unpaired) electrons. The second kappa shape index (κ2) is 11.3. The maximum absolute atomic E-state index is 6.15. The van der Waals surface area contributed by atoms with Gasteiger partial charge in [-0.25, -0.2) is 9.97 Å². The number of nitrogens with zero attached hydrogens (tertiary/aromatic N) is 4. The summed E-state index contributed by atoms with van der Waals surface area (Å²) in [5.41, 5.74) is 13.5. The van der Waals surface area contributed by atoms with Gasteiger partial charge in [0, 0.05) is 47.7 Å². The van der Waals surface area contributed by atoms with Crippen molar-refractivity contribution in [1.29, 1.82) is 0 Å². The third-order valence-corrected chi connectivity index (χ3v) is 7.39. The molecule has 1 aliphatic rings. The van der Waals surface area contributed by atoms with Crippen molar-refractivity contribution in [3.8, 4) is 33.8 Å². The highest BCUT2D eigenvalue weighted by molar-refractivity contribution is 5.99. The molecule has 2 aromatic heterocycles. The van der Waals surface area contributed by atoms with E-state index < -0.39 is 0 Å². The fraction of sp³-hybridized carbons (Fsp3) is 0.250. The zero-order valence-corrected chi connectivity index (χ0v) is 22.2. The second-order valence-electron chi connectivity index (χ2n) is 9.92. The average molecular weight is 520 g/mol. The van der Waals surface area contributed by atoms with Gasteiger partial charge in [0.1, 0.15) is 17.9 Å². The van der Waals surface area contributed by atoms with Crippen LogP contribution in [0.5, 0.6) is 5.75 Å². The smallest absolute Gasteiger partial charge is 0.140 e. The first-order valence-electron chi connectivity index (χ1n) is 13.4. The van der Waals surface area contributed by atoms with Gasteiger partial charge in [0.25, 0.3) is 0 Å². The standard InChI is InChI=1S/C32H33N5O2/c1-38-28-10-7-23(8-11-28)24-9-12-29-30(25-4-2-5-26(33)18-25)21-37(31(29)19-24)32-20-27(34-22-35-32)6-3-13-36-14-16-39-17-15-36/h2,4-5,7-12,18-22H,3,6,13-17,33H2,1H3. The van der Waals surface area contributed by atoms with E-state index in [1.807, 2.05) is 30.3 Å². The molecule has 1 fully saturated rings. The number of rotatable bonds is 8. The Morgan fingerprint density at radius 3 is 2.51 bits per heavy atom. The number of methoxy groups -OCH3 is 1. The fourth-order valence-electron chi connectivity index (χ4n) is 5.28. The number of nitrogen functional groups attached to an aromatic ring is 1. The molecule has 39 heavy (non-hydrogen) atoms. The van der Waals surface area contributed by atoms with E-state index in [0.29, 0.717) is 0 Å². The second-order valence-corrected chi connectivity index (χ2v) is 9.92. The van der Waals surface area contributed by atoms with E-state index in [2.05, 4.69) is 63.1 Å². The van der Waals surface area contributed by atoms with E-state index in [4.69, 9.17) is 20.2 Å². The maximum Gasteiger partial charge on any atom is 0.140 e. The molecule has 3 heterocycles. The number of ether oxygens (including phenoxy) is 2. The average Bonchev–Trinajstić information content (AvgIpc) is 3.37. The van der Waals surface area contributed by atoms with Crippen LogP contribution < -0.4 is 10.5 Å². The molecule has 5 aromatic rings. The van der Waals surface area contributed by atoms with Crippen LogP contribution in [0.1, 0.15) is 12.1 Å². The van der Waals surface area contributed by atoms with E-state index in [1.54, 1.807) is 13.4 Å². The maximum atomic E-state index is 6.15. The van der Waals surface area contributed by atoms with Crippen LogP contribution in [-0.2, 0) is 11.2 Å². The topological polar surface area (TPSA) is 78.4 Å². The molecular formula is C32H33N5O2. The number of aromatic nitrogens is 3. The minimum atomic E-state index is 0.743. The first-order valence-corrected chi connectivity index (χ1v) is 13.4. The van der Waals surface area contributed by atoms with E-state index in [1.165, 1.54) is 0 Å². The summed E-state index contributed by atoms with van der Waals surface area (Å²) in [6, 6.07) is 24.9. The van der Waals surface area contributed by atoms with Crippen LogP contribution >= 0.6 is 0 Å². The molecule has 0 unspecified atom stereocenters. The van der Waals surface area contributed by atoms with Gasteiger partial charge in [-0.2, -0.15) is 0 Å². The van der Waals surface area contributed by atoms with Crippen LogP contribution in [0.3, 0.4) is 0 Å². The number of benzene rings is 3. The predicted molar refractivity (Wildman–Crippen MR) is 156 cm³/mol. The normalized spacial score (nSPS) is 14.1. The Morgan fingerprint density at radius 1 is 0.897 bits per heavy atom. The Labute approximate surface area is 228 Å². The Balaban J connectivity index is 1.37. The summed E-state index contributed by atoms with van der Waals surface area (Å²) in [5.74, 6) is 1.70. The SMILES string of the molecule is COc1ccc(-c2ccc3c(-c4cccc(N)c4)cn(-c4cc(CCCN5CCOCC5)ncn4)c3c2)cc1. The minimum Gasteiger partial charge on any atom is -0.497 e. The Kier molecular flexibility index (Phi) is 7.25. The van der Waals surface area contributed by atoms with Gasteiger partial charge in [0.05, 0.1) is 25.8 Å². The molecule has 198 valence electrons. The van der Waals surface area contributed by atoms with Crippen molar-refractivity contribution in [1.82, 2.24) is 19.4 Å². The molecule has 6 rings (SSSR count). The van der Waals surface area contributed by atoms with Crippen molar-refractivity contribution in [2.75, 3.05) is 45.7 Å². The summed E-state index contributed by atoms with van der Waals surface area (Å²) in [4.78, 5) is 11.7. The monoisotopic (exact) mass is 519 g/mol. The number of hydrogen-bond donors (Lipinski definition) is 1. The molecule has 0 saturated carbocycles. The molecule has 0 amide bonds. The van der Waals surface area contributed by atoms with Crippen LogP contribution in [0.4, 0.5) is 5.69 Å². The van der Waals surface area contributed by atoms with Crippen molar-refractivity contribution in [2.24, 2.45) is 0 Å². The van der Waals surface area contributed by atoms with Crippen molar-refractivity contribution < 1.29 is 9.47 Å². The molecule has 0 spiro atoms. The zero-order valence-electron chi connectivity index (χ0n) is 22.2. The molecule has 0 bridgehead atoms. The lowest BCUT2D eigenvalue weighted by atomic mass is 10.0. The summed E-state index contributed by atoms with van der Waals surface area (Å²) in [6.07, 6.45) is 5.81. The molecule has 1 aliphatic heterocycles. The first kappa shape index (κ1) is 25.1. The number of anilines is 1. The number of aryl methyl sites for hydroxylation is 1. The summed E-state index contributed by atoms with van der Waals surface area (Å²) >= 11 is 0. The van der Waals surface area contributed by atoms with Gasteiger partial charge >= 0.3 is 0 Å². The van der Waals surface area contributed by atoms with Gasteiger partial charge in [0.2, 0.25) is 0 Å². The van der Waals surface area contributed by atoms with Crippen LogP contribution in [-0.4, -0.2) is 59.4 Å². The molecular weight excluding hydrogens is 486 g/mol. The molecule has 1 saturated heterocycles. The highest BCUT2D eigenvalue weighted by Crippen LogP contribution is 2.36. The summed E-state index contributed by atoms with van der Waals surface area (Å²) in [7, 11) is 1.68. The summed E-state index contributed by atoms with van der Waals surface area (Å²) in [5, 5.41) is 1.14. The number of nitrogens with two attached hydrogens (primary N) is 1. The highest BCUT2D eigenvalue weighted by Gasteiger charge is 2.15. The van der Waals surface area contributed by atoms with E-state index >= 15 is 0 Å². The van der Waals surface area contributed by atoms with E-state index in [-0.39, 0.29) is 0 Å². The molecule has 7 heteroatoms. The summed E-state index contributed by atoms with van der Waals surface area (Å²) in [6.45, 7) is 4.72. The first-order chi connectivity index (χ1) is 19.2. The Morgan fingerprint density at radius 2 is 1.72 bits per heavy atom. The molecule has 0 aliphatic carbocycles. The molecule has 0 atom stereocenters. The third kappa shape index (κ3) is 5.50. The van der Waals surface area contributed by atoms with Crippen molar-refractivity contribution in [3.63, 3.8) is 0 Å². The predicted octanol–water partition coefficient (Wildman–Crippen LogP) is 5.61. The lowest BCUT2D eigenvalue weighted by Gasteiger charge is -2.26.